The van der Waals surface area contributed by atoms with Gasteiger partial charge < -0.3 is 14.6 Å². The van der Waals surface area contributed by atoms with Crippen molar-refractivity contribution in [1.29, 1.82) is 0 Å². The van der Waals surface area contributed by atoms with Gasteiger partial charge in [-0.25, -0.2) is 0 Å². The monoisotopic (exact) mass is 404 g/mol. The third-order valence-electron chi connectivity index (χ3n) is 5.59. The predicted octanol–water partition coefficient (Wildman–Crippen LogP) is 3.82. The summed E-state index contributed by atoms with van der Waals surface area (Å²) in [5.74, 6) is -0.644. The van der Waals surface area contributed by atoms with Crippen LogP contribution in [-0.2, 0) is 27.2 Å². The van der Waals surface area contributed by atoms with Crippen LogP contribution in [0.4, 0.5) is 5.69 Å². The van der Waals surface area contributed by atoms with Crippen molar-refractivity contribution in [2.45, 2.75) is 39.2 Å². The summed E-state index contributed by atoms with van der Waals surface area (Å²) in [7, 11) is 0. The number of hydrogen-bond donors (Lipinski definition) is 1. The molecule has 6 heteroatoms. The van der Waals surface area contributed by atoms with Gasteiger partial charge in [0, 0.05) is 48.2 Å². The van der Waals surface area contributed by atoms with E-state index in [1.165, 1.54) is 6.92 Å². The molecule has 0 aliphatic carbocycles. The number of esters is 1. The molecule has 1 aliphatic rings. The van der Waals surface area contributed by atoms with Crippen molar-refractivity contribution in [2.24, 2.45) is 0 Å². The number of H-pyrrole nitrogens is 1. The number of carbonyl (C=O) groups is 3. The molecule has 1 amide bonds. The first-order valence-electron chi connectivity index (χ1n) is 10.1. The number of aryl methyl sites for hydroxylation is 1. The van der Waals surface area contributed by atoms with Gasteiger partial charge in [0.1, 0.15) is 0 Å². The van der Waals surface area contributed by atoms with Gasteiger partial charge in [-0.15, -0.1) is 0 Å². The molecule has 30 heavy (non-hydrogen) atoms. The summed E-state index contributed by atoms with van der Waals surface area (Å²) >= 11 is 0. The number of hydrogen-bond acceptors (Lipinski definition) is 4. The van der Waals surface area contributed by atoms with E-state index in [9.17, 15) is 14.4 Å². The van der Waals surface area contributed by atoms with Gasteiger partial charge in [0.05, 0.1) is 0 Å². The zero-order chi connectivity index (χ0) is 21.3. The third-order valence-corrected chi connectivity index (χ3v) is 5.59. The van der Waals surface area contributed by atoms with Crippen molar-refractivity contribution in [2.75, 3.05) is 11.4 Å². The van der Waals surface area contributed by atoms with Gasteiger partial charge in [-0.05, 0) is 55.2 Å². The molecule has 0 fully saturated rings. The number of aromatic amines is 1. The number of Topliss-reactive ketones (excluding diaryl/α,β-unsaturated/α-hetero) is 1. The fourth-order valence-corrected chi connectivity index (χ4v) is 4.00. The summed E-state index contributed by atoms with van der Waals surface area (Å²) in [5, 5.41) is 1.09. The van der Waals surface area contributed by atoms with Crippen LogP contribution in [-0.4, -0.2) is 35.3 Å². The maximum Gasteiger partial charge on any atom is 0.306 e. The Morgan fingerprint density at radius 2 is 1.97 bits per heavy atom. The van der Waals surface area contributed by atoms with Gasteiger partial charge in [-0.2, -0.15) is 0 Å². The van der Waals surface area contributed by atoms with Gasteiger partial charge in [0.25, 0.3) is 0 Å². The minimum absolute atomic E-state index is 0.00896. The molecule has 1 aliphatic heterocycles. The highest BCUT2D eigenvalue weighted by Gasteiger charge is 2.25. The molecular weight excluding hydrogens is 380 g/mol. The predicted molar refractivity (Wildman–Crippen MR) is 115 cm³/mol. The van der Waals surface area contributed by atoms with Crippen LogP contribution in [0.2, 0.25) is 0 Å². The average molecular weight is 404 g/mol. The number of anilines is 1. The Morgan fingerprint density at radius 3 is 2.77 bits per heavy atom. The molecule has 0 radical (unpaired) electrons. The molecule has 1 N–H and O–H groups in total. The van der Waals surface area contributed by atoms with Crippen LogP contribution in [0.15, 0.2) is 48.7 Å². The largest absolute Gasteiger partial charge is 0.454 e. The molecule has 1 aromatic heterocycles. The molecule has 2 heterocycles. The Labute approximate surface area is 174 Å². The first-order chi connectivity index (χ1) is 14.4. The highest BCUT2D eigenvalue weighted by atomic mass is 16.5. The number of rotatable bonds is 6. The minimum atomic E-state index is -0.858. The first-order valence-corrected chi connectivity index (χ1v) is 10.1. The third kappa shape index (κ3) is 3.85. The van der Waals surface area contributed by atoms with E-state index in [1.807, 2.05) is 30.5 Å². The molecule has 6 nitrogen and oxygen atoms in total. The smallest absolute Gasteiger partial charge is 0.306 e. The lowest BCUT2D eigenvalue weighted by Crippen LogP contribution is -2.26. The summed E-state index contributed by atoms with van der Waals surface area (Å²) in [4.78, 5) is 41.6. The lowest BCUT2D eigenvalue weighted by Gasteiger charge is -2.16. The number of carbonyl (C=O) groups excluding carboxylic acids is 3. The molecular formula is C24H24N2O4. The molecule has 154 valence electrons. The molecule has 0 saturated heterocycles. The number of ketones is 1. The van der Waals surface area contributed by atoms with Crippen LogP contribution in [0, 0.1) is 0 Å². The molecule has 1 atom stereocenters. The van der Waals surface area contributed by atoms with E-state index in [-0.39, 0.29) is 18.1 Å². The van der Waals surface area contributed by atoms with Crippen molar-refractivity contribution in [1.82, 2.24) is 4.98 Å². The van der Waals surface area contributed by atoms with Crippen molar-refractivity contribution in [3.05, 3.63) is 65.4 Å². The lowest BCUT2D eigenvalue weighted by atomic mass is 10.0. The standard InChI is InChI=1S/C24H24N2O4/c1-15(24(29)18-7-9-22-17(13-18)11-12-26(22)16(2)27)30-23(28)10-8-19-14-25-21-6-4-3-5-20(19)21/h3-7,9,13-15,25H,8,10-12H2,1-2H3. The van der Waals surface area contributed by atoms with E-state index in [1.54, 1.807) is 30.0 Å². The number of fused-ring (bicyclic) bond motifs is 2. The molecule has 0 saturated carbocycles. The van der Waals surface area contributed by atoms with E-state index in [4.69, 9.17) is 4.74 Å². The Balaban J connectivity index is 1.36. The van der Waals surface area contributed by atoms with Crippen LogP contribution in [0.25, 0.3) is 10.9 Å². The maximum absolute atomic E-state index is 12.7. The fraction of sp³-hybridized carbons (Fsp3) is 0.292. The normalized spacial score (nSPS) is 13.9. The molecule has 1 unspecified atom stereocenters. The highest BCUT2D eigenvalue weighted by molar-refractivity contribution is 6.02. The fourth-order valence-electron chi connectivity index (χ4n) is 4.00. The van der Waals surface area contributed by atoms with Crippen LogP contribution < -0.4 is 4.90 Å². The summed E-state index contributed by atoms with van der Waals surface area (Å²) in [6, 6.07) is 13.2. The van der Waals surface area contributed by atoms with Crippen LogP contribution >= 0.6 is 0 Å². The zero-order valence-corrected chi connectivity index (χ0v) is 17.1. The summed E-state index contributed by atoms with van der Waals surface area (Å²) < 4.78 is 5.39. The molecule has 2 aromatic carbocycles. The molecule has 0 spiro atoms. The van der Waals surface area contributed by atoms with E-state index in [0.717, 1.165) is 34.1 Å². The summed E-state index contributed by atoms with van der Waals surface area (Å²) in [6.07, 6.45) is 2.51. The molecule has 4 rings (SSSR count). The SMILES string of the molecule is CC(=O)N1CCc2cc(C(=O)C(C)OC(=O)CCc3c[nH]c4ccccc34)ccc21. The van der Waals surface area contributed by atoms with E-state index < -0.39 is 12.1 Å². The van der Waals surface area contributed by atoms with Crippen molar-refractivity contribution in [3.8, 4) is 0 Å². The Kier molecular flexibility index (Phi) is 5.40. The number of benzene rings is 2. The van der Waals surface area contributed by atoms with Gasteiger partial charge in [0.15, 0.2) is 6.10 Å². The van der Waals surface area contributed by atoms with Gasteiger partial charge in [0.2, 0.25) is 11.7 Å². The van der Waals surface area contributed by atoms with Crippen molar-refractivity contribution < 1.29 is 19.1 Å². The Hall–Kier alpha value is -3.41. The van der Waals surface area contributed by atoms with E-state index >= 15 is 0 Å². The van der Waals surface area contributed by atoms with Crippen LogP contribution in [0.3, 0.4) is 0 Å². The minimum Gasteiger partial charge on any atom is -0.454 e. The van der Waals surface area contributed by atoms with Crippen molar-refractivity contribution in [3.63, 3.8) is 0 Å². The van der Waals surface area contributed by atoms with Crippen LogP contribution in [0.5, 0.6) is 0 Å². The summed E-state index contributed by atoms with van der Waals surface area (Å²) in [5.41, 5.74) is 4.40. The number of nitrogens with zero attached hydrogens (tertiary/aromatic N) is 1. The van der Waals surface area contributed by atoms with Gasteiger partial charge in [-0.1, -0.05) is 18.2 Å². The second-order valence-electron chi connectivity index (χ2n) is 7.62. The van der Waals surface area contributed by atoms with Crippen LogP contribution in [0.1, 0.15) is 41.8 Å². The second-order valence-corrected chi connectivity index (χ2v) is 7.62. The Morgan fingerprint density at radius 1 is 1.17 bits per heavy atom. The second kappa shape index (κ2) is 8.14. The molecule has 0 bridgehead atoms. The highest BCUT2D eigenvalue weighted by Crippen LogP contribution is 2.29. The average Bonchev–Trinajstić information content (AvgIpc) is 3.35. The first kappa shape index (κ1) is 19.9. The van der Waals surface area contributed by atoms with Crippen molar-refractivity contribution >= 4 is 34.3 Å². The van der Waals surface area contributed by atoms with Gasteiger partial charge >= 0.3 is 5.97 Å². The summed E-state index contributed by atoms with van der Waals surface area (Å²) in [6.45, 7) is 3.76. The number of amides is 1. The number of ether oxygens (including phenoxy) is 1. The maximum atomic E-state index is 12.7. The molecule has 3 aromatic rings. The number of para-hydroxylation sites is 1. The lowest BCUT2D eigenvalue weighted by molar-refractivity contribution is -0.146. The number of nitrogens with one attached hydrogen (secondary N) is 1. The zero-order valence-electron chi connectivity index (χ0n) is 17.1. The van der Waals surface area contributed by atoms with Gasteiger partial charge in [-0.3, -0.25) is 14.4 Å². The van der Waals surface area contributed by atoms with E-state index in [0.29, 0.717) is 18.5 Å². The topological polar surface area (TPSA) is 79.5 Å². The Bertz CT molecular complexity index is 1130. The quantitative estimate of drug-likeness (QED) is 0.500. The number of aromatic nitrogens is 1. The van der Waals surface area contributed by atoms with E-state index in [2.05, 4.69) is 4.98 Å².